The van der Waals surface area contributed by atoms with E-state index in [-0.39, 0.29) is 5.91 Å². The molecule has 1 amide bonds. The Balaban J connectivity index is 1.46. The van der Waals surface area contributed by atoms with Gasteiger partial charge in [-0.05, 0) is 74.2 Å². The summed E-state index contributed by atoms with van der Waals surface area (Å²) in [5, 5.41) is 13.0. The number of carbonyl (C=O) groups is 1. The molecule has 41 heavy (non-hydrogen) atoms. The van der Waals surface area contributed by atoms with Crippen molar-refractivity contribution in [2.45, 2.75) is 51.9 Å². The topological polar surface area (TPSA) is 81.1 Å². The fourth-order valence-electron chi connectivity index (χ4n) is 4.61. The van der Waals surface area contributed by atoms with Crippen molar-refractivity contribution in [1.82, 2.24) is 14.8 Å². The second-order valence-electron chi connectivity index (χ2n) is 9.87. The Morgan fingerprint density at radius 1 is 1.10 bits per heavy atom. The quantitative estimate of drug-likeness (QED) is 0.187. The van der Waals surface area contributed by atoms with Crippen LogP contribution in [0.5, 0.6) is 5.75 Å². The second-order valence-corrected chi connectivity index (χ2v) is 11.8. The second kappa shape index (κ2) is 12.6. The molecule has 0 aliphatic carbocycles. The number of halogens is 2. The minimum Gasteiger partial charge on any atom is -0.489 e. The highest BCUT2D eigenvalue weighted by Crippen LogP contribution is 2.37. The molecular formula is C31H31Cl2N5O2S. The molecule has 1 aliphatic rings. The van der Waals surface area contributed by atoms with E-state index in [4.69, 9.17) is 38.0 Å². The third kappa shape index (κ3) is 6.40. The van der Waals surface area contributed by atoms with Crippen LogP contribution < -0.4 is 15.4 Å². The molecule has 1 atom stereocenters. The molecule has 0 fully saturated rings. The number of hydrogen-bond donors (Lipinski definition) is 2. The van der Waals surface area contributed by atoms with Crippen molar-refractivity contribution in [3.05, 3.63) is 104 Å². The van der Waals surface area contributed by atoms with Crippen molar-refractivity contribution in [3.8, 4) is 5.75 Å². The molecule has 0 saturated carbocycles. The maximum atomic E-state index is 13.9. The van der Waals surface area contributed by atoms with Gasteiger partial charge in [-0.25, -0.2) is 4.68 Å². The number of nitrogens with one attached hydrogen (secondary N) is 2. The molecule has 212 valence electrons. The van der Waals surface area contributed by atoms with Crippen LogP contribution in [-0.4, -0.2) is 26.4 Å². The van der Waals surface area contributed by atoms with Gasteiger partial charge in [0.05, 0.1) is 5.57 Å². The number of aryl methyl sites for hydroxylation is 1. The van der Waals surface area contributed by atoms with Crippen molar-refractivity contribution in [2.75, 3.05) is 16.4 Å². The average Bonchev–Trinajstić information content (AvgIpc) is 3.35. The fraction of sp³-hybridized carbons (Fsp3) is 0.258. The summed E-state index contributed by atoms with van der Waals surface area (Å²) < 4.78 is 7.80. The number of amides is 1. The molecule has 1 unspecified atom stereocenters. The average molecular weight is 609 g/mol. The fourth-order valence-corrected chi connectivity index (χ4v) is 5.76. The minimum absolute atomic E-state index is 0.199. The summed E-state index contributed by atoms with van der Waals surface area (Å²) in [6, 6.07) is 18.4. The predicted molar refractivity (Wildman–Crippen MR) is 167 cm³/mol. The van der Waals surface area contributed by atoms with Gasteiger partial charge in [0.2, 0.25) is 11.1 Å². The third-order valence-corrected chi connectivity index (χ3v) is 8.60. The van der Waals surface area contributed by atoms with Crippen LogP contribution in [0.2, 0.25) is 10.0 Å². The van der Waals surface area contributed by atoms with E-state index in [1.807, 2.05) is 69.3 Å². The highest BCUT2D eigenvalue weighted by atomic mass is 35.5. The van der Waals surface area contributed by atoms with E-state index in [1.165, 1.54) is 0 Å². The number of rotatable bonds is 9. The lowest BCUT2D eigenvalue weighted by molar-refractivity contribution is -0.113. The number of nitrogens with zero attached hydrogens (tertiary/aromatic N) is 3. The molecule has 2 N–H and O–H groups in total. The van der Waals surface area contributed by atoms with Crippen molar-refractivity contribution in [2.24, 2.45) is 0 Å². The molecule has 7 nitrogen and oxygen atoms in total. The van der Waals surface area contributed by atoms with Crippen LogP contribution in [0.3, 0.4) is 0 Å². The third-order valence-electron chi connectivity index (χ3n) is 6.97. The van der Waals surface area contributed by atoms with Gasteiger partial charge in [-0.3, -0.25) is 4.79 Å². The summed E-state index contributed by atoms with van der Waals surface area (Å²) in [6.07, 6.45) is 1.01. The number of thioether (sulfide) groups is 1. The zero-order valence-corrected chi connectivity index (χ0v) is 25.6. The maximum Gasteiger partial charge on any atom is 0.255 e. The Bertz CT molecular complexity index is 1620. The van der Waals surface area contributed by atoms with Gasteiger partial charge in [0.1, 0.15) is 18.4 Å². The molecule has 4 aromatic rings. The van der Waals surface area contributed by atoms with Crippen LogP contribution in [-0.2, 0) is 11.4 Å². The van der Waals surface area contributed by atoms with E-state index in [0.717, 1.165) is 45.8 Å². The number of hydrogen-bond acceptors (Lipinski definition) is 6. The zero-order valence-electron chi connectivity index (χ0n) is 23.3. The molecule has 1 aliphatic heterocycles. The first-order valence-corrected chi connectivity index (χ1v) is 15.1. The van der Waals surface area contributed by atoms with E-state index in [2.05, 4.69) is 17.6 Å². The lowest BCUT2D eigenvalue weighted by atomic mass is 9.94. The summed E-state index contributed by atoms with van der Waals surface area (Å²) >= 11 is 13.9. The molecule has 0 bridgehead atoms. The molecule has 5 rings (SSSR count). The number of allylic oxidation sites excluding steroid dienone is 1. The van der Waals surface area contributed by atoms with Gasteiger partial charge in [0.25, 0.3) is 5.91 Å². The first-order valence-electron chi connectivity index (χ1n) is 13.4. The van der Waals surface area contributed by atoms with Gasteiger partial charge < -0.3 is 15.4 Å². The lowest BCUT2D eigenvalue weighted by Gasteiger charge is -2.29. The van der Waals surface area contributed by atoms with Crippen LogP contribution in [0.15, 0.2) is 77.1 Å². The van der Waals surface area contributed by atoms with E-state index >= 15 is 0 Å². The SMILES string of the molecule is CCCSc1nc2n(n1)C(c1ccc(OCc3ccc(Cl)cc3Cl)cc1)C(C(=O)Nc1cccc(C)c1C)=C(C)N2. The Kier molecular flexibility index (Phi) is 8.92. The number of aromatic nitrogens is 3. The van der Waals surface area contributed by atoms with E-state index in [1.54, 1.807) is 28.6 Å². The number of benzene rings is 3. The molecule has 0 radical (unpaired) electrons. The van der Waals surface area contributed by atoms with Crippen molar-refractivity contribution >= 4 is 52.5 Å². The van der Waals surface area contributed by atoms with E-state index < -0.39 is 6.04 Å². The van der Waals surface area contributed by atoms with Gasteiger partial charge in [-0.15, -0.1) is 5.10 Å². The van der Waals surface area contributed by atoms with Gasteiger partial charge in [0, 0.05) is 32.7 Å². The molecular weight excluding hydrogens is 577 g/mol. The first-order chi connectivity index (χ1) is 19.7. The molecule has 0 saturated heterocycles. The van der Waals surface area contributed by atoms with Gasteiger partial charge in [-0.2, -0.15) is 4.98 Å². The molecule has 0 spiro atoms. The normalized spacial score (nSPS) is 14.4. The Morgan fingerprint density at radius 3 is 2.61 bits per heavy atom. The summed E-state index contributed by atoms with van der Waals surface area (Å²) in [4.78, 5) is 18.6. The van der Waals surface area contributed by atoms with E-state index in [9.17, 15) is 4.79 Å². The Hall–Kier alpha value is -3.46. The summed E-state index contributed by atoms with van der Waals surface area (Å²) in [5.41, 5.74) is 5.93. The monoisotopic (exact) mass is 607 g/mol. The minimum atomic E-state index is -0.486. The molecule has 3 aromatic carbocycles. The lowest BCUT2D eigenvalue weighted by Crippen LogP contribution is -2.31. The number of ether oxygens (including phenoxy) is 1. The van der Waals surface area contributed by atoms with Crippen LogP contribution in [0.4, 0.5) is 11.6 Å². The number of anilines is 2. The summed E-state index contributed by atoms with van der Waals surface area (Å²) in [7, 11) is 0. The number of fused-ring (bicyclic) bond motifs is 1. The predicted octanol–water partition coefficient (Wildman–Crippen LogP) is 8.21. The molecule has 2 heterocycles. The maximum absolute atomic E-state index is 13.9. The first kappa shape index (κ1) is 29.0. The van der Waals surface area contributed by atoms with Crippen LogP contribution in [0.1, 0.15) is 48.6 Å². The van der Waals surface area contributed by atoms with Crippen molar-refractivity contribution in [1.29, 1.82) is 0 Å². The van der Waals surface area contributed by atoms with Crippen molar-refractivity contribution < 1.29 is 9.53 Å². The van der Waals surface area contributed by atoms with Crippen LogP contribution in [0, 0.1) is 13.8 Å². The van der Waals surface area contributed by atoms with Crippen LogP contribution in [0.25, 0.3) is 0 Å². The van der Waals surface area contributed by atoms with Crippen molar-refractivity contribution in [3.63, 3.8) is 0 Å². The zero-order chi connectivity index (χ0) is 29.1. The van der Waals surface area contributed by atoms with Gasteiger partial charge in [-0.1, -0.05) is 72.2 Å². The van der Waals surface area contributed by atoms with Crippen LogP contribution >= 0.6 is 35.0 Å². The standard InChI is InChI=1S/C31H31Cl2N5O2S/c1-5-15-41-31-36-30-34-20(4)27(29(39)35-26-8-6-7-18(2)19(26)3)28(38(30)37-31)21-10-13-24(14-11-21)40-17-22-9-12-23(32)16-25(22)33/h6-14,16,28H,5,15,17H2,1-4H3,(H,35,39)(H,34,36,37). The van der Waals surface area contributed by atoms with Gasteiger partial charge in [0.15, 0.2) is 0 Å². The highest BCUT2D eigenvalue weighted by Gasteiger charge is 2.34. The summed E-state index contributed by atoms with van der Waals surface area (Å²) in [5.74, 6) is 1.99. The highest BCUT2D eigenvalue weighted by molar-refractivity contribution is 7.99. The van der Waals surface area contributed by atoms with Gasteiger partial charge >= 0.3 is 0 Å². The Labute approximate surface area is 254 Å². The Morgan fingerprint density at radius 2 is 1.88 bits per heavy atom. The largest absolute Gasteiger partial charge is 0.489 e. The van der Waals surface area contributed by atoms with E-state index in [0.29, 0.717) is 39.1 Å². The smallest absolute Gasteiger partial charge is 0.255 e. The summed E-state index contributed by atoms with van der Waals surface area (Å²) in [6.45, 7) is 8.36. The number of carbonyl (C=O) groups excluding carboxylic acids is 1. The molecule has 10 heteroatoms. The molecule has 1 aromatic heterocycles.